The number of hydrogen-bond acceptors (Lipinski definition) is 4. The van der Waals surface area contributed by atoms with Crippen molar-refractivity contribution >= 4 is 11.9 Å². The van der Waals surface area contributed by atoms with E-state index in [0.717, 1.165) is 50.4 Å². The molecule has 0 amide bonds. The van der Waals surface area contributed by atoms with Crippen molar-refractivity contribution in [1.29, 1.82) is 0 Å². The second kappa shape index (κ2) is 11.5. The van der Waals surface area contributed by atoms with Crippen LogP contribution in [0, 0.1) is 13.8 Å². The van der Waals surface area contributed by atoms with Gasteiger partial charge in [0.2, 0.25) is 0 Å². The van der Waals surface area contributed by atoms with Crippen molar-refractivity contribution in [2.24, 2.45) is 12.0 Å². The largest absolute Gasteiger partial charge is 0.469 e. The molecule has 7 nitrogen and oxygen atoms in total. The summed E-state index contributed by atoms with van der Waals surface area (Å²) in [6, 6.07) is 0.258. The van der Waals surface area contributed by atoms with Crippen molar-refractivity contribution in [1.82, 2.24) is 20.4 Å². The zero-order valence-electron chi connectivity index (χ0n) is 17.2. The average Bonchev–Trinajstić information content (AvgIpc) is 2.83. The van der Waals surface area contributed by atoms with Crippen LogP contribution >= 0.6 is 0 Å². The fraction of sp³-hybridized carbons (Fsp3) is 0.737. The number of aliphatic imine (C=N–C) groups is 1. The van der Waals surface area contributed by atoms with Gasteiger partial charge in [0.1, 0.15) is 0 Å². The molecule has 0 aliphatic heterocycles. The first-order valence-corrected chi connectivity index (χ1v) is 9.49. The Morgan fingerprint density at radius 2 is 2.04 bits per heavy atom. The van der Waals surface area contributed by atoms with Crippen LogP contribution in [0.5, 0.6) is 0 Å². The van der Waals surface area contributed by atoms with Crippen molar-refractivity contribution in [2.45, 2.75) is 65.8 Å². The Balaban J connectivity index is 2.46. The van der Waals surface area contributed by atoms with Crippen molar-refractivity contribution in [2.75, 3.05) is 20.2 Å². The molecule has 0 saturated carbocycles. The Labute approximate surface area is 157 Å². The number of aromatic nitrogens is 2. The summed E-state index contributed by atoms with van der Waals surface area (Å²) < 4.78 is 6.58. The summed E-state index contributed by atoms with van der Waals surface area (Å²) in [5, 5.41) is 11.3. The van der Waals surface area contributed by atoms with Gasteiger partial charge in [-0.3, -0.25) is 14.5 Å². The number of rotatable bonds is 10. The maximum Gasteiger partial charge on any atom is 0.305 e. The van der Waals surface area contributed by atoms with Gasteiger partial charge in [-0.1, -0.05) is 6.42 Å². The van der Waals surface area contributed by atoms with E-state index >= 15 is 0 Å². The fourth-order valence-corrected chi connectivity index (χ4v) is 2.87. The third-order valence-corrected chi connectivity index (χ3v) is 4.43. The van der Waals surface area contributed by atoms with Crippen LogP contribution in [-0.4, -0.2) is 48.0 Å². The molecule has 0 spiro atoms. The first kappa shape index (κ1) is 22.0. The van der Waals surface area contributed by atoms with Gasteiger partial charge in [-0.2, -0.15) is 5.10 Å². The summed E-state index contributed by atoms with van der Waals surface area (Å²) >= 11 is 0. The quantitative estimate of drug-likeness (QED) is 0.288. The molecule has 0 saturated heterocycles. The third kappa shape index (κ3) is 7.45. The van der Waals surface area contributed by atoms with Gasteiger partial charge in [0.15, 0.2) is 5.96 Å². The molecular weight excluding hydrogens is 330 g/mol. The van der Waals surface area contributed by atoms with Gasteiger partial charge < -0.3 is 15.4 Å². The van der Waals surface area contributed by atoms with Crippen molar-refractivity contribution in [3.63, 3.8) is 0 Å². The Hall–Kier alpha value is -2.05. The van der Waals surface area contributed by atoms with E-state index in [2.05, 4.69) is 53.2 Å². The smallest absolute Gasteiger partial charge is 0.305 e. The lowest BCUT2D eigenvalue weighted by Gasteiger charge is -2.18. The Bertz CT molecular complexity index is 595. The third-order valence-electron chi connectivity index (χ3n) is 4.43. The van der Waals surface area contributed by atoms with Crippen LogP contribution in [0.2, 0.25) is 0 Å². The molecule has 0 aliphatic rings. The highest BCUT2D eigenvalue weighted by atomic mass is 16.5. The number of methoxy groups -OCH3 is 1. The number of ether oxygens (including phenoxy) is 1. The number of nitrogens with one attached hydrogen (secondary N) is 2. The summed E-state index contributed by atoms with van der Waals surface area (Å²) in [4.78, 5) is 15.7. The molecule has 1 atom stereocenters. The fourth-order valence-electron chi connectivity index (χ4n) is 2.87. The van der Waals surface area contributed by atoms with E-state index in [0.29, 0.717) is 6.42 Å². The maximum absolute atomic E-state index is 11.1. The average molecular weight is 366 g/mol. The van der Waals surface area contributed by atoms with E-state index in [1.165, 1.54) is 18.4 Å². The molecule has 26 heavy (non-hydrogen) atoms. The van der Waals surface area contributed by atoms with Crippen LogP contribution in [0.1, 0.15) is 56.5 Å². The molecule has 7 heteroatoms. The molecule has 2 N–H and O–H groups in total. The van der Waals surface area contributed by atoms with E-state index < -0.39 is 0 Å². The van der Waals surface area contributed by atoms with Gasteiger partial charge in [0, 0.05) is 38.3 Å². The molecule has 1 rings (SSSR count). The number of esters is 1. The van der Waals surface area contributed by atoms with Gasteiger partial charge in [-0.05, 0) is 52.5 Å². The molecule has 0 bridgehead atoms. The van der Waals surface area contributed by atoms with Crippen LogP contribution in [0.3, 0.4) is 0 Å². The summed E-state index contributed by atoms with van der Waals surface area (Å²) in [6.07, 6.45) is 4.18. The van der Waals surface area contributed by atoms with Crippen molar-refractivity contribution < 1.29 is 9.53 Å². The predicted molar refractivity (Wildman–Crippen MR) is 105 cm³/mol. The normalized spacial score (nSPS) is 12.8. The van der Waals surface area contributed by atoms with Crippen LogP contribution in [-0.2, 0) is 23.0 Å². The highest BCUT2D eigenvalue weighted by Gasteiger charge is 2.13. The molecule has 1 aromatic heterocycles. The highest BCUT2D eigenvalue weighted by molar-refractivity contribution is 5.80. The predicted octanol–water partition coefficient (Wildman–Crippen LogP) is 2.26. The highest BCUT2D eigenvalue weighted by Crippen LogP contribution is 2.14. The second-order valence-electron chi connectivity index (χ2n) is 6.67. The van der Waals surface area contributed by atoms with Crippen LogP contribution < -0.4 is 10.6 Å². The van der Waals surface area contributed by atoms with E-state index in [4.69, 9.17) is 0 Å². The molecular formula is C19H35N5O2. The van der Waals surface area contributed by atoms with Gasteiger partial charge >= 0.3 is 5.97 Å². The number of carbonyl (C=O) groups is 1. The number of aryl methyl sites for hydroxylation is 2. The summed E-state index contributed by atoms with van der Waals surface area (Å²) in [5.41, 5.74) is 3.60. The molecule has 1 heterocycles. The van der Waals surface area contributed by atoms with Gasteiger partial charge in [-0.15, -0.1) is 0 Å². The zero-order valence-corrected chi connectivity index (χ0v) is 17.2. The Morgan fingerprint density at radius 3 is 2.62 bits per heavy atom. The summed E-state index contributed by atoms with van der Waals surface area (Å²) in [6.45, 7) is 9.96. The molecule has 0 aliphatic carbocycles. The van der Waals surface area contributed by atoms with Gasteiger partial charge in [0.25, 0.3) is 0 Å². The number of guanidine groups is 1. The Morgan fingerprint density at radius 1 is 1.31 bits per heavy atom. The number of carbonyl (C=O) groups excluding carboxylic acids is 1. The number of nitrogens with zero attached hydrogens (tertiary/aromatic N) is 3. The summed E-state index contributed by atoms with van der Waals surface area (Å²) in [7, 11) is 3.41. The van der Waals surface area contributed by atoms with Gasteiger partial charge in [-0.25, -0.2) is 0 Å². The maximum atomic E-state index is 11.1. The lowest BCUT2D eigenvalue weighted by atomic mass is 10.1. The van der Waals surface area contributed by atoms with Crippen LogP contribution in [0.4, 0.5) is 0 Å². The molecule has 1 unspecified atom stereocenters. The lowest BCUT2D eigenvalue weighted by molar-refractivity contribution is -0.140. The van der Waals surface area contributed by atoms with Crippen LogP contribution in [0.25, 0.3) is 0 Å². The van der Waals surface area contributed by atoms with E-state index in [1.807, 2.05) is 11.7 Å². The van der Waals surface area contributed by atoms with E-state index in [1.54, 1.807) is 0 Å². The zero-order chi connectivity index (χ0) is 19.5. The summed E-state index contributed by atoms with van der Waals surface area (Å²) in [5.74, 6) is 0.700. The minimum atomic E-state index is -0.140. The molecule has 0 radical (unpaired) electrons. The Kier molecular flexibility index (Phi) is 9.76. The minimum absolute atomic E-state index is 0.140. The minimum Gasteiger partial charge on any atom is -0.469 e. The monoisotopic (exact) mass is 365 g/mol. The SMILES string of the molecule is CCNC(=NCCCCCC(=O)OC)NC(C)Cc1c(C)nn(C)c1C. The second-order valence-corrected chi connectivity index (χ2v) is 6.67. The standard InChI is InChI=1S/C19H35N5O2/c1-7-20-19(21-12-10-8-9-11-18(25)26-6)22-14(2)13-17-15(3)23-24(5)16(17)4/h14H,7-13H2,1-6H3,(H2,20,21,22). The molecule has 0 fully saturated rings. The van der Waals surface area contributed by atoms with Crippen molar-refractivity contribution in [3.05, 3.63) is 17.0 Å². The number of unbranched alkanes of at least 4 members (excludes halogenated alkanes) is 2. The molecule has 1 aromatic rings. The molecule has 148 valence electrons. The topological polar surface area (TPSA) is 80.5 Å². The molecule has 0 aromatic carbocycles. The van der Waals surface area contributed by atoms with E-state index in [9.17, 15) is 4.79 Å². The number of hydrogen-bond donors (Lipinski definition) is 2. The first-order chi connectivity index (χ1) is 12.4. The first-order valence-electron chi connectivity index (χ1n) is 9.49. The lowest BCUT2D eigenvalue weighted by Crippen LogP contribution is -2.43. The van der Waals surface area contributed by atoms with Crippen LogP contribution in [0.15, 0.2) is 4.99 Å². The van der Waals surface area contributed by atoms with Crippen molar-refractivity contribution in [3.8, 4) is 0 Å². The van der Waals surface area contributed by atoms with Gasteiger partial charge in [0.05, 0.1) is 12.8 Å². The van der Waals surface area contributed by atoms with E-state index in [-0.39, 0.29) is 12.0 Å².